The Morgan fingerprint density at radius 3 is 2.80 bits per heavy atom. The molecule has 0 aliphatic heterocycles. The predicted molar refractivity (Wildman–Crippen MR) is 52.7 cm³/mol. The van der Waals surface area contributed by atoms with Gasteiger partial charge in [-0.15, -0.1) is 0 Å². The zero-order valence-electron chi connectivity index (χ0n) is 7.38. The van der Waals surface area contributed by atoms with Crippen LogP contribution in [0.4, 0.5) is 0 Å². The molecule has 0 saturated carbocycles. The molecule has 0 atom stereocenters. The first-order valence-electron chi connectivity index (χ1n) is 3.96. The van der Waals surface area contributed by atoms with Crippen LogP contribution in [0.1, 0.15) is 5.69 Å². The lowest BCUT2D eigenvalue weighted by Gasteiger charge is -1.86. The third-order valence-electron chi connectivity index (χ3n) is 1.64. The molecule has 2 aromatic rings. The molecule has 0 aromatic carbocycles. The second-order valence-corrected chi connectivity index (χ2v) is 5.62. The van der Waals surface area contributed by atoms with Crippen LogP contribution in [0.2, 0.25) is 0 Å². The van der Waals surface area contributed by atoms with Gasteiger partial charge >= 0.3 is 0 Å². The fourth-order valence-corrected chi connectivity index (χ4v) is 1.92. The topological polar surface area (TPSA) is 73.3 Å². The minimum atomic E-state index is -3.61. The van der Waals surface area contributed by atoms with Gasteiger partial charge in [-0.1, -0.05) is 5.16 Å². The number of furan rings is 1. The summed E-state index contributed by atoms with van der Waals surface area (Å²) < 4.78 is 31.4. The largest absolute Gasteiger partial charge is 0.461 e. The molecule has 0 unspecified atom stereocenters. The summed E-state index contributed by atoms with van der Waals surface area (Å²) in [5, 5.41) is 3.56. The van der Waals surface area contributed by atoms with Gasteiger partial charge in [0.05, 0.1) is 6.26 Å². The minimum Gasteiger partial charge on any atom is -0.461 e. The van der Waals surface area contributed by atoms with Crippen molar-refractivity contribution in [2.45, 2.75) is 5.75 Å². The van der Waals surface area contributed by atoms with Crippen molar-refractivity contribution in [2.75, 3.05) is 0 Å². The summed E-state index contributed by atoms with van der Waals surface area (Å²) in [5.74, 6) is 0.495. The Kier molecular flexibility index (Phi) is 2.54. The van der Waals surface area contributed by atoms with Crippen LogP contribution in [-0.2, 0) is 14.8 Å². The van der Waals surface area contributed by atoms with Crippen LogP contribution >= 0.6 is 10.7 Å². The fourth-order valence-electron chi connectivity index (χ4n) is 1.09. The molecule has 2 rings (SSSR count). The number of aromatic nitrogens is 1. The predicted octanol–water partition coefficient (Wildman–Crippen LogP) is 2.00. The molecule has 0 radical (unpaired) electrons. The second kappa shape index (κ2) is 3.71. The molecule has 0 N–H and O–H groups in total. The highest BCUT2D eigenvalue weighted by molar-refractivity contribution is 8.13. The molecule has 0 aliphatic rings. The molecule has 0 fully saturated rings. The van der Waals surface area contributed by atoms with E-state index in [1.54, 1.807) is 12.1 Å². The van der Waals surface area contributed by atoms with Gasteiger partial charge in [-0.05, 0) is 12.1 Å². The van der Waals surface area contributed by atoms with Crippen LogP contribution in [0.15, 0.2) is 33.4 Å². The fraction of sp³-hybridized carbons (Fsp3) is 0.125. The number of nitrogens with zero attached hydrogens (tertiary/aromatic N) is 1. The smallest absolute Gasteiger partial charge is 0.238 e. The molecule has 15 heavy (non-hydrogen) atoms. The van der Waals surface area contributed by atoms with Gasteiger partial charge in [-0.25, -0.2) is 8.42 Å². The Bertz CT molecular complexity index is 543. The summed E-state index contributed by atoms with van der Waals surface area (Å²) in [4.78, 5) is 0. The quantitative estimate of drug-likeness (QED) is 0.776. The first kappa shape index (κ1) is 10.3. The number of halogens is 1. The molecular formula is C8H6ClNO4S. The molecule has 80 valence electrons. The van der Waals surface area contributed by atoms with E-state index in [2.05, 4.69) is 5.16 Å². The van der Waals surface area contributed by atoms with E-state index in [9.17, 15) is 8.42 Å². The standard InChI is InChI=1S/C8H6ClNO4S/c9-15(11,12)5-6-4-8(14-10-6)7-2-1-3-13-7/h1-4H,5H2. The molecule has 0 saturated heterocycles. The minimum absolute atomic E-state index is 0.247. The Morgan fingerprint density at radius 1 is 1.40 bits per heavy atom. The van der Waals surface area contributed by atoms with Crippen molar-refractivity contribution < 1.29 is 17.4 Å². The third kappa shape index (κ3) is 2.60. The van der Waals surface area contributed by atoms with Crippen molar-refractivity contribution in [2.24, 2.45) is 0 Å². The van der Waals surface area contributed by atoms with E-state index in [0.29, 0.717) is 11.5 Å². The number of rotatable bonds is 3. The third-order valence-corrected chi connectivity index (χ3v) is 2.61. The van der Waals surface area contributed by atoms with E-state index in [1.807, 2.05) is 0 Å². The summed E-state index contributed by atoms with van der Waals surface area (Å²) in [6.07, 6.45) is 1.48. The van der Waals surface area contributed by atoms with Gasteiger partial charge < -0.3 is 8.94 Å². The van der Waals surface area contributed by atoms with E-state index in [4.69, 9.17) is 19.6 Å². The molecule has 0 bridgehead atoms. The van der Waals surface area contributed by atoms with Crippen molar-refractivity contribution in [1.29, 1.82) is 0 Å². The number of hydrogen-bond acceptors (Lipinski definition) is 5. The molecule has 5 nitrogen and oxygen atoms in total. The van der Waals surface area contributed by atoms with Crippen LogP contribution in [0.3, 0.4) is 0 Å². The Hall–Kier alpha value is -1.27. The van der Waals surface area contributed by atoms with Gasteiger partial charge in [-0.2, -0.15) is 0 Å². The molecular weight excluding hydrogens is 242 g/mol. The van der Waals surface area contributed by atoms with E-state index in [-0.39, 0.29) is 11.4 Å². The monoisotopic (exact) mass is 247 g/mol. The van der Waals surface area contributed by atoms with Crippen LogP contribution in [-0.4, -0.2) is 13.6 Å². The van der Waals surface area contributed by atoms with Crippen LogP contribution < -0.4 is 0 Å². The van der Waals surface area contributed by atoms with Crippen molar-refractivity contribution >= 4 is 19.7 Å². The van der Waals surface area contributed by atoms with Crippen molar-refractivity contribution in [3.05, 3.63) is 30.2 Å². The van der Waals surface area contributed by atoms with Crippen molar-refractivity contribution in [3.63, 3.8) is 0 Å². The SMILES string of the molecule is O=S(=O)(Cl)Cc1cc(-c2ccco2)on1. The molecule has 7 heteroatoms. The normalized spacial score (nSPS) is 11.8. The van der Waals surface area contributed by atoms with E-state index >= 15 is 0 Å². The lowest BCUT2D eigenvalue weighted by molar-refractivity contribution is 0.412. The first-order chi connectivity index (χ1) is 7.04. The summed E-state index contributed by atoms with van der Waals surface area (Å²) in [6, 6.07) is 4.84. The molecule has 0 amide bonds. The number of hydrogen-bond donors (Lipinski definition) is 0. The van der Waals surface area contributed by atoms with Crippen molar-refractivity contribution in [1.82, 2.24) is 5.16 Å². The molecule has 2 aromatic heterocycles. The summed E-state index contributed by atoms with van der Waals surface area (Å²) in [5.41, 5.74) is 0.247. The van der Waals surface area contributed by atoms with Gasteiger partial charge in [0.25, 0.3) is 0 Å². The Labute approximate surface area is 90.0 Å². The summed E-state index contributed by atoms with van der Waals surface area (Å²) >= 11 is 0. The zero-order valence-corrected chi connectivity index (χ0v) is 8.96. The van der Waals surface area contributed by atoms with Crippen LogP contribution in [0.5, 0.6) is 0 Å². The van der Waals surface area contributed by atoms with E-state index in [0.717, 1.165) is 0 Å². The van der Waals surface area contributed by atoms with E-state index < -0.39 is 9.05 Å². The van der Waals surface area contributed by atoms with Gasteiger partial charge in [0.2, 0.25) is 14.8 Å². The lowest BCUT2D eigenvalue weighted by atomic mass is 10.3. The maximum atomic E-state index is 10.8. The highest BCUT2D eigenvalue weighted by Crippen LogP contribution is 2.21. The highest BCUT2D eigenvalue weighted by atomic mass is 35.7. The first-order valence-corrected chi connectivity index (χ1v) is 6.44. The zero-order chi connectivity index (χ0) is 10.9. The Balaban J connectivity index is 2.25. The molecule has 0 spiro atoms. The average molecular weight is 248 g/mol. The van der Waals surface area contributed by atoms with Gasteiger partial charge in [-0.3, -0.25) is 0 Å². The molecule has 0 aliphatic carbocycles. The second-order valence-electron chi connectivity index (χ2n) is 2.84. The van der Waals surface area contributed by atoms with Gasteiger partial charge in [0.1, 0.15) is 11.4 Å². The van der Waals surface area contributed by atoms with Crippen LogP contribution in [0.25, 0.3) is 11.5 Å². The summed E-state index contributed by atoms with van der Waals surface area (Å²) in [7, 11) is 1.46. The average Bonchev–Trinajstić information content (AvgIpc) is 2.68. The van der Waals surface area contributed by atoms with Crippen LogP contribution in [0, 0.1) is 0 Å². The Morgan fingerprint density at radius 2 is 2.20 bits per heavy atom. The van der Waals surface area contributed by atoms with E-state index in [1.165, 1.54) is 12.3 Å². The van der Waals surface area contributed by atoms with Gasteiger partial charge in [0, 0.05) is 16.7 Å². The van der Waals surface area contributed by atoms with Gasteiger partial charge in [0.15, 0.2) is 5.76 Å². The van der Waals surface area contributed by atoms with Crippen molar-refractivity contribution in [3.8, 4) is 11.5 Å². The summed E-state index contributed by atoms with van der Waals surface area (Å²) in [6.45, 7) is 0. The maximum absolute atomic E-state index is 10.8. The maximum Gasteiger partial charge on any atom is 0.238 e. The molecule has 2 heterocycles. The lowest BCUT2D eigenvalue weighted by Crippen LogP contribution is -1.94. The highest BCUT2D eigenvalue weighted by Gasteiger charge is 2.14.